The molecule has 1 rings (SSSR count). The fourth-order valence-corrected chi connectivity index (χ4v) is 1.65. The molecule has 1 unspecified atom stereocenters. The van der Waals surface area contributed by atoms with Gasteiger partial charge >= 0.3 is 6.18 Å². The first kappa shape index (κ1) is 12.0. The summed E-state index contributed by atoms with van der Waals surface area (Å²) in [5, 5.41) is 0. The normalized spacial score (nSPS) is 13.9. The van der Waals surface area contributed by atoms with Crippen LogP contribution < -0.4 is 0 Å². The fraction of sp³-hybridized carbons (Fsp3) is 0.545. The third-order valence-electron chi connectivity index (χ3n) is 2.41. The number of pyridine rings is 1. The van der Waals surface area contributed by atoms with Gasteiger partial charge in [-0.2, -0.15) is 13.2 Å². The van der Waals surface area contributed by atoms with E-state index in [4.69, 9.17) is 0 Å². The summed E-state index contributed by atoms with van der Waals surface area (Å²) < 4.78 is 37.9. The van der Waals surface area contributed by atoms with Crippen LogP contribution in [0.4, 0.5) is 13.2 Å². The third kappa shape index (κ3) is 2.94. The molecule has 1 atom stereocenters. The topological polar surface area (TPSA) is 12.9 Å². The molecule has 0 aromatic carbocycles. The average molecular weight is 217 g/mol. The Hall–Kier alpha value is -1.06. The van der Waals surface area contributed by atoms with Gasteiger partial charge in [0, 0.05) is 12.4 Å². The van der Waals surface area contributed by atoms with Crippen LogP contribution in [0, 0.1) is 0 Å². The van der Waals surface area contributed by atoms with Gasteiger partial charge in [0.05, 0.1) is 5.56 Å². The summed E-state index contributed by atoms with van der Waals surface area (Å²) in [5.41, 5.74) is -0.259. The highest BCUT2D eigenvalue weighted by Crippen LogP contribution is 2.35. The lowest BCUT2D eigenvalue weighted by molar-refractivity contribution is -0.138. The second-order valence-corrected chi connectivity index (χ2v) is 3.65. The minimum Gasteiger partial charge on any atom is -0.264 e. The SMILES string of the molecule is CCCC(C)c1cnccc1C(F)(F)F. The van der Waals surface area contributed by atoms with Gasteiger partial charge in [-0.3, -0.25) is 4.98 Å². The van der Waals surface area contributed by atoms with Crippen molar-refractivity contribution in [3.8, 4) is 0 Å². The first-order valence-corrected chi connectivity index (χ1v) is 4.98. The van der Waals surface area contributed by atoms with Crippen LogP contribution in [0.3, 0.4) is 0 Å². The molecule has 1 aromatic heterocycles. The van der Waals surface area contributed by atoms with Gasteiger partial charge in [0.2, 0.25) is 0 Å². The second kappa shape index (κ2) is 4.64. The zero-order valence-corrected chi connectivity index (χ0v) is 8.80. The van der Waals surface area contributed by atoms with E-state index in [0.717, 1.165) is 18.9 Å². The Morgan fingerprint density at radius 3 is 2.60 bits per heavy atom. The number of aromatic nitrogens is 1. The fourth-order valence-electron chi connectivity index (χ4n) is 1.65. The lowest BCUT2D eigenvalue weighted by Gasteiger charge is -2.16. The quantitative estimate of drug-likeness (QED) is 0.745. The molecule has 0 bridgehead atoms. The number of halogens is 3. The Bertz CT molecular complexity index is 320. The van der Waals surface area contributed by atoms with Gasteiger partial charge in [-0.15, -0.1) is 0 Å². The van der Waals surface area contributed by atoms with E-state index in [0.29, 0.717) is 5.56 Å². The van der Waals surface area contributed by atoms with E-state index in [-0.39, 0.29) is 5.92 Å². The molecule has 0 aliphatic carbocycles. The molecular weight excluding hydrogens is 203 g/mol. The van der Waals surface area contributed by atoms with Gasteiger partial charge in [-0.25, -0.2) is 0 Å². The van der Waals surface area contributed by atoms with Crippen molar-refractivity contribution in [1.29, 1.82) is 0 Å². The molecule has 0 amide bonds. The average Bonchev–Trinajstić information content (AvgIpc) is 2.17. The maximum atomic E-state index is 12.6. The summed E-state index contributed by atoms with van der Waals surface area (Å²) in [4.78, 5) is 3.76. The standard InChI is InChI=1S/C11H14F3N/c1-3-4-8(2)9-7-15-6-5-10(9)11(12,13)14/h5-8H,3-4H2,1-2H3. The van der Waals surface area contributed by atoms with Crippen molar-refractivity contribution in [3.05, 3.63) is 29.6 Å². The van der Waals surface area contributed by atoms with Gasteiger partial charge in [-0.05, 0) is 24.0 Å². The molecule has 0 N–H and O–H groups in total. The highest BCUT2D eigenvalue weighted by Gasteiger charge is 2.34. The third-order valence-corrected chi connectivity index (χ3v) is 2.41. The number of hydrogen-bond donors (Lipinski definition) is 0. The van der Waals surface area contributed by atoms with Crippen LogP contribution in [-0.2, 0) is 6.18 Å². The van der Waals surface area contributed by atoms with E-state index in [1.165, 1.54) is 12.4 Å². The highest BCUT2D eigenvalue weighted by atomic mass is 19.4. The Morgan fingerprint density at radius 2 is 2.07 bits per heavy atom. The van der Waals surface area contributed by atoms with Gasteiger partial charge in [0.1, 0.15) is 0 Å². The van der Waals surface area contributed by atoms with Crippen molar-refractivity contribution < 1.29 is 13.2 Å². The van der Waals surface area contributed by atoms with Gasteiger partial charge in [-0.1, -0.05) is 20.3 Å². The van der Waals surface area contributed by atoms with E-state index < -0.39 is 11.7 Å². The minimum absolute atomic E-state index is 0.0969. The molecule has 15 heavy (non-hydrogen) atoms. The van der Waals surface area contributed by atoms with Crippen LogP contribution in [0.5, 0.6) is 0 Å². The predicted molar refractivity (Wildman–Crippen MR) is 52.6 cm³/mol. The van der Waals surface area contributed by atoms with E-state index in [9.17, 15) is 13.2 Å². The van der Waals surface area contributed by atoms with E-state index in [2.05, 4.69) is 4.98 Å². The second-order valence-electron chi connectivity index (χ2n) is 3.65. The van der Waals surface area contributed by atoms with Crippen molar-refractivity contribution in [2.24, 2.45) is 0 Å². The summed E-state index contributed by atoms with van der Waals surface area (Å²) in [7, 11) is 0. The van der Waals surface area contributed by atoms with Crippen molar-refractivity contribution in [3.63, 3.8) is 0 Å². The van der Waals surface area contributed by atoms with Crippen LogP contribution in [0.1, 0.15) is 43.7 Å². The molecule has 1 nitrogen and oxygen atoms in total. The summed E-state index contributed by atoms with van der Waals surface area (Å²) in [6.07, 6.45) is -0.156. The molecule has 0 aliphatic rings. The summed E-state index contributed by atoms with van der Waals surface area (Å²) in [6, 6.07) is 1.04. The zero-order chi connectivity index (χ0) is 11.5. The molecule has 0 saturated heterocycles. The van der Waals surface area contributed by atoms with Crippen molar-refractivity contribution in [1.82, 2.24) is 4.98 Å². The largest absolute Gasteiger partial charge is 0.416 e. The Morgan fingerprint density at radius 1 is 1.40 bits per heavy atom. The van der Waals surface area contributed by atoms with E-state index >= 15 is 0 Å². The predicted octanol–water partition coefficient (Wildman–Crippen LogP) is 4.00. The lowest BCUT2D eigenvalue weighted by Crippen LogP contribution is -2.11. The minimum atomic E-state index is -4.28. The van der Waals surface area contributed by atoms with Crippen LogP contribution in [0.15, 0.2) is 18.5 Å². The maximum absolute atomic E-state index is 12.6. The van der Waals surface area contributed by atoms with Crippen LogP contribution >= 0.6 is 0 Å². The highest BCUT2D eigenvalue weighted by molar-refractivity contribution is 5.29. The molecule has 0 aliphatic heterocycles. The van der Waals surface area contributed by atoms with Crippen molar-refractivity contribution >= 4 is 0 Å². The Labute approximate surface area is 87.3 Å². The molecule has 84 valence electrons. The van der Waals surface area contributed by atoms with Crippen LogP contribution in [-0.4, -0.2) is 4.98 Å². The molecule has 0 fully saturated rings. The molecule has 1 heterocycles. The Balaban J connectivity index is 3.06. The van der Waals surface area contributed by atoms with Crippen LogP contribution in [0.2, 0.25) is 0 Å². The van der Waals surface area contributed by atoms with Crippen molar-refractivity contribution in [2.75, 3.05) is 0 Å². The summed E-state index contributed by atoms with van der Waals surface area (Å²) in [6.45, 7) is 3.76. The smallest absolute Gasteiger partial charge is 0.264 e. The van der Waals surface area contributed by atoms with E-state index in [1.807, 2.05) is 6.92 Å². The number of nitrogens with zero attached hydrogens (tertiary/aromatic N) is 1. The van der Waals surface area contributed by atoms with E-state index in [1.54, 1.807) is 6.92 Å². The molecular formula is C11H14F3N. The lowest BCUT2D eigenvalue weighted by atomic mass is 9.94. The van der Waals surface area contributed by atoms with Gasteiger partial charge in [0.15, 0.2) is 0 Å². The maximum Gasteiger partial charge on any atom is 0.416 e. The first-order chi connectivity index (χ1) is 6.96. The zero-order valence-electron chi connectivity index (χ0n) is 8.80. The first-order valence-electron chi connectivity index (χ1n) is 4.98. The molecule has 4 heteroatoms. The van der Waals surface area contributed by atoms with Crippen molar-refractivity contribution in [2.45, 2.75) is 38.8 Å². The molecule has 0 spiro atoms. The van der Waals surface area contributed by atoms with Crippen LogP contribution in [0.25, 0.3) is 0 Å². The molecule has 0 saturated carbocycles. The number of rotatable bonds is 3. The monoisotopic (exact) mass is 217 g/mol. The molecule has 1 aromatic rings. The number of alkyl halides is 3. The van der Waals surface area contributed by atoms with Gasteiger partial charge < -0.3 is 0 Å². The van der Waals surface area contributed by atoms with Gasteiger partial charge in [0.25, 0.3) is 0 Å². The number of hydrogen-bond acceptors (Lipinski definition) is 1. The summed E-state index contributed by atoms with van der Waals surface area (Å²) in [5.74, 6) is -0.0969. The Kier molecular flexibility index (Phi) is 3.72. The summed E-state index contributed by atoms with van der Waals surface area (Å²) >= 11 is 0. The molecule has 0 radical (unpaired) electrons.